The van der Waals surface area contributed by atoms with E-state index < -0.39 is 5.91 Å². The molecule has 1 aliphatic heterocycles. The summed E-state index contributed by atoms with van der Waals surface area (Å²) < 4.78 is 16.1. The quantitative estimate of drug-likeness (QED) is 0.559. The van der Waals surface area contributed by atoms with Gasteiger partial charge in [-0.25, -0.2) is 0 Å². The van der Waals surface area contributed by atoms with Crippen LogP contribution in [0.3, 0.4) is 0 Å². The number of fused-ring (bicyclic) bond motifs is 1. The standard InChI is InChI=1S/C25H23N3O6/c1-32-20-9-6-10-21(33-2)24(20)25(31)27-17-11-12-19-18(13-17)28(23(30)15-34-19)14-22(29)26-16-7-4-3-5-8-16/h3-13H,14-15H2,1-2H3,(H,26,29)(H,27,31). The maximum atomic E-state index is 13.0. The van der Waals surface area contributed by atoms with E-state index in [-0.39, 0.29) is 30.5 Å². The summed E-state index contributed by atoms with van der Waals surface area (Å²) in [6.45, 7) is -0.391. The lowest BCUT2D eigenvalue weighted by atomic mass is 10.1. The molecule has 0 radical (unpaired) electrons. The molecule has 0 atom stereocenters. The number of hydrogen-bond donors (Lipinski definition) is 2. The molecular weight excluding hydrogens is 438 g/mol. The van der Waals surface area contributed by atoms with Crippen molar-refractivity contribution >= 4 is 34.8 Å². The molecule has 174 valence electrons. The first kappa shape index (κ1) is 22.7. The zero-order valence-corrected chi connectivity index (χ0v) is 18.7. The summed E-state index contributed by atoms with van der Waals surface area (Å²) in [4.78, 5) is 39.5. The number of ether oxygens (including phenoxy) is 3. The highest BCUT2D eigenvalue weighted by molar-refractivity contribution is 6.09. The molecule has 0 saturated carbocycles. The van der Waals surface area contributed by atoms with Crippen LogP contribution in [0, 0.1) is 0 Å². The van der Waals surface area contributed by atoms with E-state index >= 15 is 0 Å². The van der Waals surface area contributed by atoms with Crippen molar-refractivity contribution in [3.63, 3.8) is 0 Å². The Morgan fingerprint density at radius 3 is 2.29 bits per heavy atom. The fourth-order valence-corrected chi connectivity index (χ4v) is 3.59. The Morgan fingerprint density at radius 1 is 0.912 bits per heavy atom. The largest absolute Gasteiger partial charge is 0.496 e. The number of anilines is 3. The van der Waals surface area contributed by atoms with E-state index in [2.05, 4.69) is 10.6 Å². The predicted octanol–water partition coefficient (Wildman–Crippen LogP) is 3.32. The van der Waals surface area contributed by atoms with Gasteiger partial charge in [-0.2, -0.15) is 0 Å². The molecule has 4 rings (SSSR count). The minimum atomic E-state index is -0.453. The van der Waals surface area contributed by atoms with Crippen LogP contribution in [0.4, 0.5) is 17.1 Å². The lowest BCUT2D eigenvalue weighted by Crippen LogP contribution is -2.43. The van der Waals surface area contributed by atoms with E-state index in [1.165, 1.54) is 19.1 Å². The molecule has 3 aromatic rings. The second-order valence-corrected chi connectivity index (χ2v) is 7.36. The number of methoxy groups -OCH3 is 2. The minimum absolute atomic E-state index is 0.185. The van der Waals surface area contributed by atoms with E-state index in [0.29, 0.717) is 34.3 Å². The number of carbonyl (C=O) groups is 3. The molecule has 3 aromatic carbocycles. The minimum Gasteiger partial charge on any atom is -0.496 e. The van der Waals surface area contributed by atoms with E-state index in [1.807, 2.05) is 6.07 Å². The molecule has 1 heterocycles. The molecule has 0 spiro atoms. The highest BCUT2D eigenvalue weighted by atomic mass is 16.5. The first-order valence-corrected chi connectivity index (χ1v) is 10.4. The number of rotatable bonds is 7. The van der Waals surface area contributed by atoms with Crippen LogP contribution in [0.5, 0.6) is 17.2 Å². The van der Waals surface area contributed by atoms with Crippen molar-refractivity contribution in [2.24, 2.45) is 0 Å². The molecular formula is C25H23N3O6. The van der Waals surface area contributed by atoms with Crippen LogP contribution in [0.25, 0.3) is 0 Å². The number of para-hydroxylation sites is 1. The van der Waals surface area contributed by atoms with Crippen LogP contribution >= 0.6 is 0 Å². The summed E-state index contributed by atoms with van der Waals surface area (Å²) in [6, 6.07) is 18.9. The Hall–Kier alpha value is -4.53. The second kappa shape index (κ2) is 9.95. The number of hydrogen-bond acceptors (Lipinski definition) is 6. The lowest BCUT2D eigenvalue weighted by Gasteiger charge is -2.29. The molecule has 9 heteroatoms. The van der Waals surface area contributed by atoms with Gasteiger partial charge in [-0.1, -0.05) is 24.3 Å². The monoisotopic (exact) mass is 461 g/mol. The molecule has 0 aliphatic carbocycles. The van der Waals surface area contributed by atoms with Gasteiger partial charge in [-0.15, -0.1) is 0 Å². The average Bonchev–Trinajstić information content (AvgIpc) is 2.85. The Kier molecular flexibility index (Phi) is 6.63. The predicted molar refractivity (Wildman–Crippen MR) is 127 cm³/mol. The van der Waals surface area contributed by atoms with Crippen LogP contribution < -0.4 is 29.7 Å². The molecule has 0 fully saturated rings. The summed E-state index contributed by atoms with van der Waals surface area (Å²) in [5.41, 5.74) is 1.64. The van der Waals surface area contributed by atoms with E-state index in [0.717, 1.165) is 0 Å². The van der Waals surface area contributed by atoms with Crippen LogP contribution in [0.15, 0.2) is 66.7 Å². The Bertz CT molecular complexity index is 1210. The van der Waals surface area contributed by atoms with Crippen LogP contribution in [-0.2, 0) is 9.59 Å². The fraction of sp³-hybridized carbons (Fsp3) is 0.160. The second-order valence-electron chi connectivity index (χ2n) is 7.36. The molecule has 34 heavy (non-hydrogen) atoms. The van der Waals surface area contributed by atoms with Crippen molar-refractivity contribution in [1.82, 2.24) is 0 Å². The Morgan fingerprint density at radius 2 is 1.62 bits per heavy atom. The molecule has 3 amide bonds. The third-order valence-corrected chi connectivity index (χ3v) is 5.17. The summed E-state index contributed by atoms with van der Waals surface area (Å²) in [6.07, 6.45) is 0. The number of nitrogens with one attached hydrogen (secondary N) is 2. The van der Waals surface area contributed by atoms with Gasteiger partial charge in [0.1, 0.15) is 29.4 Å². The van der Waals surface area contributed by atoms with E-state index in [4.69, 9.17) is 14.2 Å². The molecule has 0 saturated heterocycles. The third-order valence-electron chi connectivity index (χ3n) is 5.17. The van der Waals surface area contributed by atoms with Gasteiger partial charge in [0.15, 0.2) is 6.61 Å². The maximum Gasteiger partial charge on any atom is 0.265 e. The number of amides is 3. The highest BCUT2D eigenvalue weighted by Gasteiger charge is 2.28. The first-order valence-electron chi connectivity index (χ1n) is 10.4. The average molecular weight is 461 g/mol. The molecule has 0 aromatic heterocycles. The van der Waals surface area contributed by atoms with Gasteiger partial charge >= 0.3 is 0 Å². The number of nitrogens with zero attached hydrogens (tertiary/aromatic N) is 1. The van der Waals surface area contributed by atoms with Crippen LogP contribution in [0.1, 0.15) is 10.4 Å². The maximum absolute atomic E-state index is 13.0. The van der Waals surface area contributed by atoms with Crippen LogP contribution in [-0.4, -0.2) is 45.1 Å². The van der Waals surface area contributed by atoms with Crippen molar-refractivity contribution in [2.75, 3.05) is 42.9 Å². The first-order chi connectivity index (χ1) is 16.5. The van der Waals surface area contributed by atoms with Gasteiger partial charge in [-0.05, 0) is 42.5 Å². The highest BCUT2D eigenvalue weighted by Crippen LogP contribution is 2.35. The molecule has 2 N–H and O–H groups in total. The third kappa shape index (κ3) is 4.78. The van der Waals surface area contributed by atoms with E-state index in [9.17, 15) is 14.4 Å². The van der Waals surface area contributed by atoms with Crippen molar-refractivity contribution in [1.29, 1.82) is 0 Å². The lowest BCUT2D eigenvalue weighted by molar-refractivity contribution is -0.123. The van der Waals surface area contributed by atoms with Gasteiger partial charge in [0, 0.05) is 11.4 Å². The van der Waals surface area contributed by atoms with Gasteiger partial charge in [-0.3, -0.25) is 19.3 Å². The van der Waals surface area contributed by atoms with Crippen molar-refractivity contribution < 1.29 is 28.6 Å². The smallest absolute Gasteiger partial charge is 0.265 e. The van der Waals surface area contributed by atoms with Crippen molar-refractivity contribution in [3.05, 3.63) is 72.3 Å². The SMILES string of the molecule is COc1cccc(OC)c1C(=O)Nc1ccc2c(c1)N(CC(=O)Nc1ccccc1)C(=O)CO2. The van der Waals surface area contributed by atoms with Crippen molar-refractivity contribution in [2.45, 2.75) is 0 Å². The molecule has 1 aliphatic rings. The summed E-state index contributed by atoms with van der Waals surface area (Å²) >= 11 is 0. The fourth-order valence-electron chi connectivity index (χ4n) is 3.59. The van der Waals surface area contributed by atoms with Crippen LogP contribution in [0.2, 0.25) is 0 Å². The zero-order chi connectivity index (χ0) is 24.1. The van der Waals surface area contributed by atoms with Crippen molar-refractivity contribution in [3.8, 4) is 17.2 Å². The topological polar surface area (TPSA) is 106 Å². The Labute approximate surface area is 196 Å². The van der Waals surface area contributed by atoms with Gasteiger partial charge in [0.25, 0.3) is 11.8 Å². The summed E-state index contributed by atoms with van der Waals surface area (Å²) in [5.74, 6) is -0.0445. The summed E-state index contributed by atoms with van der Waals surface area (Å²) in [7, 11) is 2.93. The summed E-state index contributed by atoms with van der Waals surface area (Å²) in [5, 5.41) is 5.56. The molecule has 9 nitrogen and oxygen atoms in total. The van der Waals surface area contributed by atoms with Gasteiger partial charge in [0.05, 0.1) is 19.9 Å². The van der Waals surface area contributed by atoms with E-state index in [1.54, 1.807) is 60.7 Å². The van der Waals surface area contributed by atoms with Gasteiger partial charge in [0.2, 0.25) is 5.91 Å². The zero-order valence-electron chi connectivity index (χ0n) is 18.7. The Balaban J connectivity index is 1.57. The number of benzene rings is 3. The number of carbonyl (C=O) groups excluding carboxylic acids is 3. The van der Waals surface area contributed by atoms with Gasteiger partial charge < -0.3 is 24.8 Å². The normalized spacial score (nSPS) is 12.3. The molecule has 0 bridgehead atoms. The molecule has 0 unspecified atom stereocenters.